The lowest BCUT2D eigenvalue weighted by Gasteiger charge is -2.33. The molecule has 1 aliphatic heterocycles. The summed E-state index contributed by atoms with van der Waals surface area (Å²) in [6.07, 6.45) is 3.08. The number of nitrogens with one attached hydrogen (secondary N) is 2. The fourth-order valence-electron chi connectivity index (χ4n) is 3.10. The Balaban J connectivity index is 2.00. The molecule has 5 nitrogen and oxygen atoms in total. The Hall–Kier alpha value is -0.890. The highest BCUT2D eigenvalue weighted by Gasteiger charge is 2.33. The molecule has 144 valence electrons. The normalized spacial score (nSPS) is 19.9. The summed E-state index contributed by atoms with van der Waals surface area (Å²) in [5.41, 5.74) is 1.31. The zero-order chi connectivity index (χ0) is 18.7. The minimum Gasteiger partial charge on any atom is -0.369 e. The summed E-state index contributed by atoms with van der Waals surface area (Å²) in [6, 6.07) is 0. The van der Waals surface area contributed by atoms with Crippen LogP contribution in [0.5, 0.6) is 0 Å². The van der Waals surface area contributed by atoms with E-state index in [1.54, 1.807) is 23.1 Å². The molecule has 3 rings (SSSR count). The van der Waals surface area contributed by atoms with Crippen LogP contribution >= 0.6 is 23.1 Å². The molecule has 0 spiro atoms. The van der Waals surface area contributed by atoms with Gasteiger partial charge in [-0.15, -0.1) is 11.3 Å². The molecule has 0 unspecified atom stereocenters. The van der Waals surface area contributed by atoms with Gasteiger partial charge in [-0.25, -0.2) is 9.97 Å². The Morgan fingerprint density at radius 3 is 2.81 bits per heavy atom. The quantitative estimate of drug-likeness (QED) is 0.532. The van der Waals surface area contributed by atoms with Crippen molar-refractivity contribution in [2.24, 2.45) is 0 Å². The molecule has 7 heteroatoms. The van der Waals surface area contributed by atoms with Crippen molar-refractivity contribution in [3.63, 3.8) is 0 Å². The third-order valence-electron chi connectivity index (χ3n) is 4.92. The van der Waals surface area contributed by atoms with Crippen molar-refractivity contribution < 1.29 is 9.64 Å². The van der Waals surface area contributed by atoms with Crippen molar-refractivity contribution >= 4 is 39.1 Å². The van der Waals surface area contributed by atoms with Crippen LogP contribution < -0.4 is 10.2 Å². The summed E-state index contributed by atoms with van der Waals surface area (Å²) in [7, 11) is 4.35. The number of anilines is 1. The van der Waals surface area contributed by atoms with Crippen molar-refractivity contribution in [3.05, 3.63) is 10.4 Å². The lowest BCUT2D eigenvalue weighted by molar-refractivity contribution is -0.856. The van der Waals surface area contributed by atoms with E-state index in [0.29, 0.717) is 6.61 Å². The molecule has 0 fully saturated rings. The monoisotopic (exact) mass is 395 g/mol. The van der Waals surface area contributed by atoms with E-state index in [1.165, 1.54) is 20.7 Å². The first-order valence-corrected chi connectivity index (χ1v) is 11.4. The average Bonchev–Trinajstić information content (AvgIpc) is 2.97. The Labute approximate surface area is 164 Å². The van der Waals surface area contributed by atoms with Crippen LogP contribution in [0.2, 0.25) is 0 Å². The second kappa shape index (κ2) is 8.42. The van der Waals surface area contributed by atoms with Crippen molar-refractivity contribution in [3.8, 4) is 0 Å². The van der Waals surface area contributed by atoms with Gasteiger partial charge >= 0.3 is 0 Å². The van der Waals surface area contributed by atoms with E-state index in [-0.39, 0.29) is 5.60 Å². The van der Waals surface area contributed by atoms with Crippen LogP contribution in [0.4, 0.5) is 5.82 Å². The van der Waals surface area contributed by atoms with Crippen LogP contribution in [0.15, 0.2) is 5.16 Å². The van der Waals surface area contributed by atoms with Gasteiger partial charge in [-0.05, 0) is 25.3 Å². The van der Waals surface area contributed by atoms with Crippen molar-refractivity contribution in [2.45, 2.75) is 57.4 Å². The molecule has 0 radical (unpaired) electrons. The van der Waals surface area contributed by atoms with E-state index in [9.17, 15) is 0 Å². The lowest BCUT2D eigenvalue weighted by atomic mass is 9.90. The predicted molar refractivity (Wildman–Crippen MR) is 112 cm³/mol. The predicted octanol–water partition coefficient (Wildman–Crippen LogP) is 2.99. The second-order valence-corrected chi connectivity index (χ2v) is 9.69. The molecular formula is C19H31N4OS2+. The van der Waals surface area contributed by atoms with Gasteiger partial charge in [0, 0.05) is 17.1 Å². The third-order valence-corrected chi connectivity index (χ3v) is 7.07. The Morgan fingerprint density at radius 2 is 2.12 bits per heavy atom. The number of fused-ring (bicyclic) bond motifs is 3. The number of thioether (sulfide) groups is 1. The number of likely N-dealkylation sites (N-methyl/N-ethyl adjacent to an activating group) is 1. The molecule has 0 saturated heterocycles. The third kappa shape index (κ3) is 4.32. The van der Waals surface area contributed by atoms with E-state index in [0.717, 1.165) is 53.9 Å². The van der Waals surface area contributed by atoms with Crippen LogP contribution in [0.3, 0.4) is 0 Å². The topological polar surface area (TPSA) is 51.5 Å². The van der Waals surface area contributed by atoms with Gasteiger partial charge < -0.3 is 15.0 Å². The first-order valence-electron chi connectivity index (χ1n) is 9.57. The van der Waals surface area contributed by atoms with E-state index < -0.39 is 0 Å². The minimum atomic E-state index is -0.0817. The van der Waals surface area contributed by atoms with Crippen LogP contribution in [0.1, 0.15) is 44.1 Å². The maximum absolute atomic E-state index is 6.15. The van der Waals surface area contributed by atoms with Gasteiger partial charge in [0.05, 0.1) is 44.8 Å². The van der Waals surface area contributed by atoms with E-state index >= 15 is 0 Å². The highest BCUT2D eigenvalue weighted by Crippen LogP contribution is 2.42. The van der Waals surface area contributed by atoms with Crippen LogP contribution in [-0.4, -0.2) is 48.5 Å². The zero-order valence-corrected chi connectivity index (χ0v) is 18.2. The van der Waals surface area contributed by atoms with E-state index in [2.05, 4.69) is 40.2 Å². The molecule has 0 bridgehead atoms. The van der Waals surface area contributed by atoms with Crippen molar-refractivity contribution in [2.75, 3.05) is 38.3 Å². The summed E-state index contributed by atoms with van der Waals surface area (Å²) in [5, 5.41) is 5.71. The van der Waals surface area contributed by atoms with Gasteiger partial charge in [0.15, 0.2) is 5.16 Å². The largest absolute Gasteiger partial charge is 0.369 e. The molecule has 0 amide bonds. The Kier molecular flexibility index (Phi) is 6.43. The Morgan fingerprint density at radius 1 is 1.31 bits per heavy atom. The summed E-state index contributed by atoms with van der Waals surface area (Å²) in [6.45, 7) is 9.28. The number of ether oxygens (including phenoxy) is 1. The molecule has 1 aliphatic rings. The van der Waals surface area contributed by atoms with Crippen LogP contribution in [0.25, 0.3) is 10.2 Å². The molecule has 0 saturated carbocycles. The fourth-order valence-corrected chi connectivity index (χ4v) is 4.96. The van der Waals surface area contributed by atoms with Gasteiger partial charge in [-0.3, -0.25) is 0 Å². The minimum absolute atomic E-state index is 0.0817. The van der Waals surface area contributed by atoms with Crippen molar-refractivity contribution in [1.82, 2.24) is 9.97 Å². The van der Waals surface area contributed by atoms with E-state index in [1.807, 2.05) is 0 Å². The maximum atomic E-state index is 6.15. The SMILES string of the molecule is CCCSc1nc(NCC[NH+](C)C)c2c3c(sc2n1)CO[C@](C)(CC)C3. The summed E-state index contributed by atoms with van der Waals surface area (Å²) in [5.74, 6) is 2.06. The number of nitrogens with zero attached hydrogens (tertiary/aromatic N) is 2. The lowest BCUT2D eigenvalue weighted by Crippen LogP contribution is -3.06. The fraction of sp³-hybridized carbons (Fsp3) is 0.684. The second-order valence-electron chi connectivity index (χ2n) is 7.54. The van der Waals surface area contributed by atoms with Gasteiger partial charge in [0.1, 0.15) is 10.6 Å². The first-order chi connectivity index (χ1) is 12.5. The molecule has 2 aromatic heterocycles. The highest BCUT2D eigenvalue weighted by molar-refractivity contribution is 7.99. The zero-order valence-electron chi connectivity index (χ0n) is 16.6. The molecule has 0 aliphatic carbocycles. The summed E-state index contributed by atoms with van der Waals surface area (Å²) >= 11 is 3.53. The van der Waals surface area contributed by atoms with Crippen LogP contribution in [0, 0.1) is 0 Å². The summed E-state index contributed by atoms with van der Waals surface area (Å²) < 4.78 is 6.15. The number of thiophene rings is 1. The van der Waals surface area contributed by atoms with Gasteiger partial charge in [-0.1, -0.05) is 25.6 Å². The molecule has 26 heavy (non-hydrogen) atoms. The number of aromatic nitrogens is 2. The van der Waals surface area contributed by atoms with Gasteiger partial charge in [0.2, 0.25) is 0 Å². The average molecular weight is 396 g/mol. The molecule has 0 aromatic carbocycles. The summed E-state index contributed by atoms with van der Waals surface area (Å²) in [4.78, 5) is 13.6. The molecule has 1 atom stereocenters. The van der Waals surface area contributed by atoms with Crippen LogP contribution in [-0.2, 0) is 17.8 Å². The smallest absolute Gasteiger partial charge is 0.190 e. The number of hydrogen-bond acceptors (Lipinski definition) is 6. The Bertz CT molecular complexity index is 762. The standard InChI is InChI=1S/C19H30N4OS2/c1-6-10-25-18-21-16(20-8-9-23(4)5)15-13-11-19(3,7-2)24-12-14(13)26-17(15)22-18/h6-12H2,1-5H3,(H,20,21,22)/p+1/t19-/m1/s1. The molecule has 3 heterocycles. The van der Waals surface area contributed by atoms with Crippen molar-refractivity contribution in [1.29, 1.82) is 0 Å². The molecular weight excluding hydrogens is 364 g/mol. The number of rotatable bonds is 8. The molecule has 2 N–H and O–H groups in total. The first kappa shape index (κ1) is 19.9. The highest BCUT2D eigenvalue weighted by atomic mass is 32.2. The maximum Gasteiger partial charge on any atom is 0.190 e. The van der Waals surface area contributed by atoms with Gasteiger partial charge in [-0.2, -0.15) is 0 Å². The number of hydrogen-bond donors (Lipinski definition) is 2. The van der Waals surface area contributed by atoms with E-state index in [4.69, 9.17) is 14.7 Å². The molecule has 2 aromatic rings. The van der Waals surface area contributed by atoms with Gasteiger partial charge in [0.25, 0.3) is 0 Å². The number of quaternary nitrogens is 1.